The van der Waals surface area contributed by atoms with Gasteiger partial charge in [-0.3, -0.25) is 4.79 Å². The number of amides is 1. The Balaban J connectivity index is 1.92. The van der Waals surface area contributed by atoms with E-state index < -0.39 is 11.7 Å². The molecular weight excluding hydrogens is 349 g/mol. The fourth-order valence-corrected chi connectivity index (χ4v) is 2.39. The van der Waals surface area contributed by atoms with Crippen LogP contribution in [0.15, 0.2) is 65.4 Å². The SMILES string of the molecule is O=C(Nc1ccccc1-n1cccn1)c1ccc(Br)cc1F. The summed E-state index contributed by atoms with van der Waals surface area (Å²) in [5.41, 5.74) is 1.25. The molecule has 0 spiro atoms. The van der Waals surface area contributed by atoms with Gasteiger partial charge >= 0.3 is 0 Å². The Morgan fingerprint density at radius 2 is 2.00 bits per heavy atom. The third kappa shape index (κ3) is 2.92. The van der Waals surface area contributed by atoms with E-state index in [2.05, 4.69) is 26.3 Å². The van der Waals surface area contributed by atoms with Crippen LogP contribution in [-0.4, -0.2) is 15.7 Å². The van der Waals surface area contributed by atoms with Crippen molar-refractivity contribution in [2.75, 3.05) is 5.32 Å². The molecule has 110 valence electrons. The fraction of sp³-hybridized carbons (Fsp3) is 0. The molecule has 0 aliphatic rings. The van der Waals surface area contributed by atoms with E-state index in [-0.39, 0.29) is 5.56 Å². The van der Waals surface area contributed by atoms with E-state index in [9.17, 15) is 9.18 Å². The number of anilines is 1. The average Bonchev–Trinajstić information content (AvgIpc) is 3.01. The molecule has 0 saturated heterocycles. The molecule has 1 amide bonds. The molecule has 0 bridgehead atoms. The molecule has 0 atom stereocenters. The third-order valence-corrected chi connectivity index (χ3v) is 3.57. The lowest BCUT2D eigenvalue weighted by molar-refractivity contribution is 0.102. The van der Waals surface area contributed by atoms with Crippen LogP contribution in [0.1, 0.15) is 10.4 Å². The molecule has 1 heterocycles. The van der Waals surface area contributed by atoms with Crippen LogP contribution in [0.25, 0.3) is 5.69 Å². The van der Waals surface area contributed by atoms with Gasteiger partial charge in [0.15, 0.2) is 0 Å². The predicted molar refractivity (Wildman–Crippen MR) is 85.6 cm³/mol. The summed E-state index contributed by atoms with van der Waals surface area (Å²) in [7, 11) is 0. The molecule has 6 heteroatoms. The van der Waals surface area contributed by atoms with Gasteiger partial charge in [0.25, 0.3) is 5.91 Å². The molecule has 0 aliphatic heterocycles. The number of carbonyl (C=O) groups is 1. The number of hydrogen-bond donors (Lipinski definition) is 1. The van der Waals surface area contributed by atoms with E-state index in [0.717, 1.165) is 0 Å². The molecule has 1 aromatic heterocycles. The van der Waals surface area contributed by atoms with Gasteiger partial charge < -0.3 is 5.32 Å². The van der Waals surface area contributed by atoms with Gasteiger partial charge in [0.05, 0.1) is 16.9 Å². The molecule has 0 saturated carbocycles. The topological polar surface area (TPSA) is 46.9 Å². The number of para-hydroxylation sites is 2. The molecule has 4 nitrogen and oxygen atoms in total. The zero-order valence-electron chi connectivity index (χ0n) is 11.3. The first kappa shape index (κ1) is 14.5. The summed E-state index contributed by atoms with van der Waals surface area (Å²) in [6.45, 7) is 0. The van der Waals surface area contributed by atoms with Gasteiger partial charge in [0.1, 0.15) is 5.82 Å². The molecule has 0 unspecified atom stereocenters. The highest BCUT2D eigenvalue weighted by atomic mass is 79.9. The number of carbonyl (C=O) groups excluding carboxylic acids is 1. The van der Waals surface area contributed by atoms with Crippen LogP contribution in [0, 0.1) is 5.82 Å². The lowest BCUT2D eigenvalue weighted by atomic mass is 10.2. The summed E-state index contributed by atoms with van der Waals surface area (Å²) in [5, 5.41) is 6.86. The monoisotopic (exact) mass is 359 g/mol. The largest absolute Gasteiger partial charge is 0.320 e. The van der Waals surface area contributed by atoms with Gasteiger partial charge in [-0.2, -0.15) is 5.10 Å². The molecule has 0 fully saturated rings. The molecule has 22 heavy (non-hydrogen) atoms. The van der Waals surface area contributed by atoms with E-state index in [1.54, 1.807) is 41.3 Å². The summed E-state index contributed by atoms with van der Waals surface area (Å²) >= 11 is 3.17. The van der Waals surface area contributed by atoms with Crippen molar-refractivity contribution >= 4 is 27.5 Å². The summed E-state index contributed by atoms with van der Waals surface area (Å²) in [4.78, 5) is 12.3. The molecular formula is C16H11BrFN3O. The first-order valence-electron chi connectivity index (χ1n) is 6.50. The Kier molecular flexibility index (Phi) is 4.02. The minimum absolute atomic E-state index is 0.0153. The van der Waals surface area contributed by atoms with Crippen LogP contribution in [0.3, 0.4) is 0 Å². The van der Waals surface area contributed by atoms with Crippen LogP contribution in [-0.2, 0) is 0 Å². The van der Waals surface area contributed by atoms with Crippen molar-refractivity contribution in [3.8, 4) is 5.69 Å². The van der Waals surface area contributed by atoms with Crippen molar-refractivity contribution in [2.45, 2.75) is 0 Å². The number of benzene rings is 2. The van der Waals surface area contributed by atoms with Crippen molar-refractivity contribution < 1.29 is 9.18 Å². The van der Waals surface area contributed by atoms with Crippen molar-refractivity contribution in [3.05, 3.63) is 76.8 Å². The Morgan fingerprint density at radius 1 is 1.18 bits per heavy atom. The van der Waals surface area contributed by atoms with E-state index in [4.69, 9.17) is 0 Å². The predicted octanol–water partition coefficient (Wildman–Crippen LogP) is 4.03. The van der Waals surface area contributed by atoms with Crippen LogP contribution < -0.4 is 5.32 Å². The van der Waals surface area contributed by atoms with Gasteiger partial charge in [0, 0.05) is 16.9 Å². The van der Waals surface area contributed by atoms with E-state index in [1.165, 1.54) is 12.1 Å². The van der Waals surface area contributed by atoms with Gasteiger partial charge in [-0.15, -0.1) is 0 Å². The molecule has 1 N–H and O–H groups in total. The quantitative estimate of drug-likeness (QED) is 0.767. The second kappa shape index (κ2) is 6.11. The van der Waals surface area contributed by atoms with Crippen LogP contribution in [0.5, 0.6) is 0 Å². The van der Waals surface area contributed by atoms with Gasteiger partial charge in [0.2, 0.25) is 0 Å². The Labute approximate surface area is 134 Å². The summed E-state index contributed by atoms with van der Waals surface area (Å²) in [6, 6.07) is 13.3. The Hall–Kier alpha value is -2.47. The standard InChI is InChI=1S/C16H11BrFN3O/c17-11-6-7-12(13(18)10-11)16(22)20-14-4-1-2-5-15(14)21-9-3-8-19-21/h1-10H,(H,20,22). The highest BCUT2D eigenvalue weighted by Gasteiger charge is 2.14. The van der Waals surface area contributed by atoms with Crippen molar-refractivity contribution in [1.82, 2.24) is 9.78 Å². The molecule has 3 rings (SSSR count). The number of nitrogens with zero attached hydrogens (tertiary/aromatic N) is 2. The average molecular weight is 360 g/mol. The normalized spacial score (nSPS) is 10.5. The third-order valence-electron chi connectivity index (χ3n) is 3.08. The maximum atomic E-state index is 13.9. The molecule has 3 aromatic rings. The van der Waals surface area contributed by atoms with Crippen LogP contribution in [0.4, 0.5) is 10.1 Å². The highest BCUT2D eigenvalue weighted by Crippen LogP contribution is 2.21. The smallest absolute Gasteiger partial charge is 0.258 e. The van der Waals surface area contributed by atoms with Gasteiger partial charge in [-0.1, -0.05) is 28.1 Å². The number of halogens is 2. The van der Waals surface area contributed by atoms with Crippen molar-refractivity contribution in [2.24, 2.45) is 0 Å². The number of aromatic nitrogens is 2. The minimum atomic E-state index is -0.580. The fourth-order valence-electron chi connectivity index (χ4n) is 2.05. The van der Waals surface area contributed by atoms with E-state index >= 15 is 0 Å². The zero-order chi connectivity index (χ0) is 15.5. The second-order valence-electron chi connectivity index (χ2n) is 4.55. The Morgan fingerprint density at radius 3 is 2.73 bits per heavy atom. The van der Waals surface area contributed by atoms with Crippen LogP contribution >= 0.6 is 15.9 Å². The maximum absolute atomic E-state index is 13.9. The lowest BCUT2D eigenvalue weighted by Gasteiger charge is -2.11. The first-order chi connectivity index (χ1) is 10.6. The van der Waals surface area contributed by atoms with Crippen molar-refractivity contribution in [1.29, 1.82) is 0 Å². The van der Waals surface area contributed by atoms with E-state index in [1.807, 2.05) is 12.1 Å². The second-order valence-corrected chi connectivity index (χ2v) is 5.46. The van der Waals surface area contributed by atoms with E-state index in [0.29, 0.717) is 15.8 Å². The van der Waals surface area contributed by atoms with Gasteiger partial charge in [-0.05, 0) is 36.4 Å². The zero-order valence-corrected chi connectivity index (χ0v) is 12.9. The number of hydrogen-bond acceptors (Lipinski definition) is 2. The summed E-state index contributed by atoms with van der Waals surface area (Å²) in [5.74, 6) is -1.09. The minimum Gasteiger partial charge on any atom is -0.320 e. The molecule has 2 aromatic carbocycles. The first-order valence-corrected chi connectivity index (χ1v) is 7.30. The molecule has 0 radical (unpaired) electrons. The molecule has 0 aliphatic carbocycles. The number of rotatable bonds is 3. The maximum Gasteiger partial charge on any atom is 0.258 e. The summed E-state index contributed by atoms with van der Waals surface area (Å²) in [6.07, 6.45) is 3.41. The lowest BCUT2D eigenvalue weighted by Crippen LogP contribution is -2.15. The Bertz CT molecular complexity index is 818. The van der Waals surface area contributed by atoms with Crippen molar-refractivity contribution in [3.63, 3.8) is 0 Å². The van der Waals surface area contributed by atoms with Gasteiger partial charge in [-0.25, -0.2) is 9.07 Å². The number of nitrogens with one attached hydrogen (secondary N) is 1. The summed E-state index contributed by atoms with van der Waals surface area (Å²) < 4.78 is 16.1. The highest BCUT2D eigenvalue weighted by molar-refractivity contribution is 9.10. The van der Waals surface area contributed by atoms with Crippen LogP contribution in [0.2, 0.25) is 0 Å².